The summed E-state index contributed by atoms with van der Waals surface area (Å²) in [5.74, 6) is 0.242. The van der Waals surface area contributed by atoms with Crippen molar-refractivity contribution in [3.05, 3.63) is 52.1 Å². The van der Waals surface area contributed by atoms with Gasteiger partial charge in [0.2, 0.25) is 5.88 Å². The highest BCUT2D eigenvalue weighted by Gasteiger charge is 2.16. The Morgan fingerprint density at radius 2 is 2.20 bits per heavy atom. The van der Waals surface area contributed by atoms with E-state index in [-0.39, 0.29) is 11.9 Å². The molecule has 0 aliphatic carbocycles. The third-order valence-electron chi connectivity index (χ3n) is 3.03. The van der Waals surface area contributed by atoms with Gasteiger partial charge in [0.15, 0.2) is 0 Å². The van der Waals surface area contributed by atoms with E-state index in [2.05, 4.69) is 31.2 Å². The van der Waals surface area contributed by atoms with E-state index >= 15 is 0 Å². The van der Waals surface area contributed by atoms with E-state index in [0.717, 1.165) is 11.3 Å². The quantitative estimate of drug-likeness (QED) is 0.909. The SMILES string of the molecule is CNC(Cc1cc(OC)ncn1)c1cccc(F)c1Br. The van der Waals surface area contributed by atoms with E-state index in [4.69, 9.17) is 4.74 Å². The van der Waals surface area contributed by atoms with Gasteiger partial charge in [0, 0.05) is 24.2 Å². The lowest BCUT2D eigenvalue weighted by Crippen LogP contribution is -2.20. The van der Waals surface area contributed by atoms with Gasteiger partial charge < -0.3 is 10.1 Å². The van der Waals surface area contributed by atoms with Gasteiger partial charge in [0.05, 0.1) is 11.6 Å². The Morgan fingerprint density at radius 3 is 2.90 bits per heavy atom. The number of benzene rings is 1. The van der Waals surface area contributed by atoms with Crippen LogP contribution in [0.25, 0.3) is 0 Å². The van der Waals surface area contributed by atoms with Gasteiger partial charge in [-0.25, -0.2) is 14.4 Å². The van der Waals surface area contributed by atoms with Crippen LogP contribution in [-0.4, -0.2) is 24.1 Å². The summed E-state index contributed by atoms with van der Waals surface area (Å²) < 4.78 is 19.2. The molecule has 1 aromatic carbocycles. The fourth-order valence-corrected chi connectivity index (χ4v) is 2.51. The molecule has 2 rings (SSSR count). The van der Waals surface area contributed by atoms with E-state index in [9.17, 15) is 4.39 Å². The molecule has 0 bridgehead atoms. The highest BCUT2D eigenvalue weighted by Crippen LogP contribution is 2.28. The summed E-state index contributed by atoms with van der Waals surface area (Å²) >= 11 is 3.29. The molecule has 0 saturated heterocycles. The molecular weight excluding hydrogens is 325 g/mol. The Labute approximate surface area is 125 Å². The number of nitrogens with zero attached hydrogens (tertiary/aromatic N) is 2. The topological polar surface area (TPSA) is 47.0 Å². The Morgan fingerprint density at radius 1 is 1.40 bits per heavy atom. The van der Waals surface area contributed by atoms with Gasteiger partial charge in [-0.05, 0) is 34.6 Å². The highest BCUT2D eigenvalue weighted by atomic mass is 79.9. The fourth-order valence-electron chi connectivity index (χ4n) is 1.97. The van der Waals surface area contributed by atoms with Crippen molar-refractivity contribution in [2.45, 2.75) is 12.5 Å². The zero-order valence-corrected chi connectivity index (χ0v) is 12.8. The lowest BCUT2D eigenvalue weighted by Gasteiger charge is -2.18. The fraction of sp³-hybridized carbons (Fsp3) is 0.286. The number of ether oxygens (including phenoxy) is 1. The molecule has 20 heavy (non-hydrogen) atoms. The second-order valence-corrected chi connectivity index (χ2v) is 5.03. The molecule has 4 nitrogen and oxygen atoms in total. The number of halogens is 2. The summed E-state index contributed by atoms with van der Waals surface area (Å²) in [4.78, 5) is 8.18. The first-order valence-electron chi connectivity index (χ1n) is 6.11. The van der Waals surface area contributed by atoms with Crippen LogP contribution in [0.3, 0.4) is 0 Å². The van der Waals surface area contributed by atoms with Crippen molar-refractivity contribution in [1.82, 2.24) is 15.3 Å². The first kappa shape index (κ1) is 14.9. The average Bonchev–Trinajstić information content (AvgIpc) is 2.48. The van der Waals surface area contributed by atoms with Crippen LogP contribution in [0, 0.1) is 5.82 Å². The van der Waals surface area contributed by atoms with E-state index in [1.54, 1.807) is 19.2 Å². The first-order chi connectivity index (χ1) is 9.65. The summed E-state index contributed by atoms with van der Waals surface area (Å²) in [6, 6.07) is 6.72. The number of methoxy groups -OCH3 is 1. The monoisotopic (exact) mass is 339 g/mol. The molecule has 1 atom stereocenters. The van der Waals surface area contributed by atoms with Crippen LogP contribution < -0.4 is 10.1 Å². The number of likely N-dealkylation sites (N-methyl/N-ethyl adjacent to an activating group) is 1. The second kappa shape index (κ2) is 6.76. The molecule has 1 N–H and O–H groups in total. The molecule has 0 aliphatic rings. The number of rotatable bonds is 5. The summed E-state index contributed by atoms with van der Waals surface area (Å²) in [5, 5.41) is 3.17. The molecule has 0 aliphatic heterocycles. The molecule has 0 spiro atoms. The Bertz CT molecular complexity index is 594. The third-order valence-corrected chi connectivity index (χ3v) is 3.86. The van der Waals surface area contributed by atoms with Gasteiger partial charge in [-0.15, -0.1) is 0 Å². The molecule has 0 amide bonds. The molecule has 1 aromatic heterocycles. The van der Waals surface area contributed by atoms with Gasteiger partial charge >= 0.3 is 0 Å². The second-order valence-electron chi connectivity index (χ2n) is 4.24. The molecule has 106 valence electrons. The largest absolute Gasteiger partial charge is 0.481 e. The van der Waals surface area contributed by atoms with E-state index in [0.29, 0.717) is 16.8 Å². The van der Waals surface area contributed by atoms with Gasteiger partial charge in [-0.3, -0.25) is 0 Å². The smallest absolute Gasteiger partial charge is 0.216 e. The van der Waals surface area contributed by atoms with Crippen LogP contribution in [0.5, 0.6) is 5.88 Å². The minimum atomic E-state index is -0.275. The van der Waals surface area contributed by atoms with E-state index in [1.807, 2.05) is 13.1 Å². The average molecular weight is 340 g/mol. The summed E-state index contributed by atoms with van der Waals surface area (Å²) in [6.45, 7) is 0. The van der Waals surface area contributed by atoms with Crippen molar-refractivity contribution in [3.8, 4) is 5.88 Å². The zero-order valence-electron chi connectivity index (χ0n) is 11.2. The van der Waals surface area contributed by atoms with E-state index < -0.39 is 0 Å². The van der Waals surface area contributed by atoms with Crippen LogP contribution >= 0.6 is 15.9 Å². The number of hydrogen-bond acceptors (Lipinski definition) is 4. The van der Waals surface area contributed by atoms with Crippen LogP contribution in [0.2, 0.25) is 0 Å². The van der Waals surface area contributed by atoms with Gasteiger partial charge in [0.1, 0.15) is 12.1 Å². The third kappa shape index (κ3) is 3.32. The van der Waals surface area contributed by atoms with Gasteiger partial charge in [-0.2, -0.15) is 0 Å². The van der Waals surface area contributed by atoms with Crippen molar-refractivity contribution in [1.29, 1.82) is 0 Å². The maximum absolute atomic E-state index is 13.6. The predicted molar refractivity (Wildman–Crippen MR) is 78.2 cm³/mol. The van der Waals surface area contributed by atoms with Crippen LogP contribution in [0.4, 0.5) is 4.39 Å². The predicted octanol–water partition coefficient (Wildman–Crippen LogP) is 2.89. The maximum atomic E-state index is 13.6. The minimum Gasteiger partial charge on any atom is -0.481 e. The van der Waals surface area contributed by atoms with Crippen molar-refractivity contribution < 1.29 is 9.13 Å². The maximum Gasteiger partial charge on any atom is 0.216 e. The molecule has 6 heteroatoms. The van der Waals surface area contributed by atoms with Crippen molar-refractivity contribution in [3.63, 3.8) is 0 Å². The number of aromatic nitrogens is 2. The normalized spacial score (nSPS) is 12.2. The first-order valence-corrected chi connectivity index (χ1v) is 6.91. The van der Waals surface area contributed by atoms with Gasteiger partial charge in [0.25, 0.3) is 0 Å². The van der Waals surface area contributed by atoms with E-state index in [1.165, 1.54) is 12.4 Å². The molecule has 0 saturated carbocycles. The van der Waals surface area contributed by atoms with Crippen molar-refractivity contribution in [2.24, 2.45) is 0 Å². The molecular formula is C14H15BrFN3O. The summed E-state index contributed by atoms with van der Waals surface area (Å²) in [5.41, 5.74) is 1.68. The molecule has 1 unspecified atom stereocenters. The molecule has 2 aromatic rings. The van der Waals surface area contributed by atoms with Crippen molar-refractivity contribution >= 4 is 15.9 Å². The van der Waals surface area contributed by atoms with Crippen LogP contribution in [0.1, 0.15) is 17.3 Å². The molecule has 0 fully saturated rings. The molecule has 1 heterocycles. The zero-order chi connectivity index (χ0) is 14.5. The summed E-state index contributed by atoms with van der Waals surface area (Å²) in [6.07, 6.45) is 2.07. The van der Waals surface area contributed by atoms with Gasteiger partial charge in [-0.1, -0.05) is 12.1 Å². The summed E-state index contributed by atoms with van der Waals surface area (Å²) in [7, 11) is 3.39. The number of nitrogens with one attached hydrogen (secondary N) is 1. The van der Waals surface area contributed by atoms with Crippen LogP contribution in [-0.2, 0) is 6.42 Å². The lowest BCUT2D eigenvalue weighted by molar-refractivity contribution is 0.395. The highest BCUT2D eigenvalue weighted by molar-refractivity contribution is 9.10. The molecule has 0 radical (unpaired) electrons. The van der Waals surface area contributed by atoms with Crippen LogP contribution in [0.15, 0.2) is 35.1 Å². The standard InChI is InChI=1S/C14H15BrFN3O/c1-17-12(10-4-3-5-11(16)14(10)15)6-9-7-13(20-2)19-8-18-9/h3-5,7-8,12,17H,6H2,1-2H3. The Balaban J connectivity index is 2.26. The Hall–Kier alpha value is -1.53. The van der Waals surface area contributed by atoms with Crippen molar-refractivity contribution in [2.75, 3.05) is 14.2 Å². The number of hydrogen-bond donors (Lipinski definition) is 1. The lowest BCUT2D eigenvalue weighted by atomic mass is 10.0. The minimum absolute atomic E-state index is 0.0559. The Kier molecular flexibility index (Phi) is 5.03.